The summed E-state index contributed by atoms with van der Waals surface area (Å²) in [5.74, 6) is 0.753. The number of benzene rings is 2. The van der Waals surface area contributed by atoms with Crippen LogP contribution in [0.3, 0.4) is 0 Å². The molecule has 0 saturated carbocycles. The maximum atomic E-state index is 13.0. The molecule has 7 heteroatoms. The molecule has 2 heterocycles. The van der Waals surface area contributed by atoms with E-state index in [1.807, 2.05) is 6.07 Å². The summed E-state index contributed by atoms with van der Waals surface area (Å²) < 4.78 is 1.36. The van der Waals surface area contributed by atoms with Crippen LogP contribution in [0.15, 0.2) is 53.3 Å². The van der Waals surface area contributed by atoms with Gasteiger partial charge in [-0.05, 0) is 36.8 Å². The number of para-hydroxylation sites is 1. The second-order valence-corrected chi connectivity index (χ2v) is 6.85. The Kier molecular flexibility index (Phi) is 3.73. The van der Waals surface area contributed by atoms with E-state index in [0.717, 1.165) is 5.56 Å². The number of aryl methyl sites for hydroxylation is 1. The minimum atomic E-state index is -0.340. The van der Waals surface area contributed by atoms with Gasteiger partial charge in [-0.15, -0.1) is 11.8 Å². The van der Waals surface area contributed by atoms with E-state index in [1.54, 1.807) is 49.4 Å². The van der Waals surface area contributed by atoms with Crippen molar-refractivity contribution >= 4 is 28.6 Å². The standard InChI is InChI=1S/C18H15N3O3S/c1-11-19-15-5-3-2-4-14(15)17(24)20(11)21-16(23)10-25-18(21)12-6-8-13(22)9-7-12/h2-9,18,22H,10H2,1H3. The van der Waals surface area contributed by atoms with Crippen LogP contribution in [-0.4, -0.2) is 26.4 Å². The van der Waals surface area contributed by atoms with Crippen molar-refractivity contribution in [2.24, 2.45) is 0 Å². The highest BCUT2D eigenvalue weighted by Gasteiger charge is 2.36. The Labute approximate surface area is 147 Å². The topological polar surface area (TPSA) is 75.4 Å². The monoisotopic (exact) mass is 353 g/mol. The quantitative estimate of drug-likeness (QED) is 0.765. The molecule has 0 aliphatic carbocycles. The summed E-state index contributed by atoms with van der Waals surface area (Å²) in [6.07, 6.45) is 0. The van der Waals surface area contributed by atoms with Crippen LogP contribution in [0, 0.1) is 6.92 Å². The van der Waals surface area contributed by atoms with Gasteiger partial charge in [-0.1, -0.05) is 24.3 Å². The lowest BCUT2D eigenvalue weighted by Gasteiger charge is -2.27. The number of carbonyl (C=O) groups excluding carboxylic acids is 1. The number of phenolic OH excluding ortho intramolecular Hbond substituents is 1. The molecule has 126 valence electrons. The first-order chi connectivity index (χ1) is 12.1. The van der Waals surface area contributed by atoms with E-state index in [9.17, 15) is 14.7 Å². The first-order valence-corrected chi connectivity index (χ1v) is 8.82. The van der Waals surface area contributed by atoms with E-state index >= 15 is 0 Å². The molecule has 1 aliphatic heterocycles. The minimum absolute atomic E-state index is 0.148. The lowest BCUT2D eigenvalue weighted by Crippen LogP contribution is -2.46. The number of carbonyl (C=O) groups is 1. The van der Waals surface area contributed by atoms with Gasteiger partial charge in [-0.25, -0.2) is 9.99 Å². The molecule has 1 atom stereocenters. The van der Waals surface area contributed by atoms with Gasteiger partial charge in [0.1, 0.15) is 16.9 Å². The van der Waals surface area contributed by atoms with E-state index in [0.29, 0.717) is 16.7 Å². The molecule has 3 aromatic rings. The number of aromatic nitrogens is 2. The Hall–Kier alpha value is -2.80. The van der Waals surface area contributed by atoms with E-state index in [2.05, 4.69) is 4.98 Å². The summed E-state index contributed by atoms with van der Waals surface area (Å²) >= 11 is 1.44. The summed E-state index contributed by atoms with van der Waals surface area (Å²) in [5, 5.41) is 11.1. The van der Waals surface area contributed by atoms with Crippen molar-refractivity contribution in [1.29, 1.82) is 0 Å². The Bertz CT molecular complexity index is 1030. The van der Waals surface area contributed by atoms with Gasteiger partial charge in [0, 0.05) is 0 Å². The molecule has 0 radical (unpaired) electrons. The molecular formula is C18H15N3O3S. The SMILES string of the molecule is Cc1nc2ccccc2c(=O)n1N1C(=O)CSC1c1ccc(O)cc1. The number of fused-ring (bicyclic) bond motifs is 1. The molecule has 1 aliphatic rings. The molecule has 1 N–H and O–H groups in total. The lowest BCUT2D eigenvalue weighted by atomic mass is 10.2. The van der Waals surface area contributed by atoms with Gasteiger partial charge < -0.3 is 5.11 Å². The Morgan fingerprint density at radius 2 is 1.84 bits per heavy atom. The van der Waals surface area contributed by atoms with Gasteiger partial charge in [0.15, 0.2) is 0 Å². The first kappa shape index (κ1) is 15.7. The van der Waals surface area contributed by atoms with Crippen LogP contribution in [0.5, 0.6) is 5.75 Å². The molecule has 0 spiro atoms. The molecule has 1 amide bonds. The smallest absolute Gasteiger partial charge is 0.280 e. The Balaban J connectivity index is 1.89. The van der Waals surface area contributed by atoms with Crippen LogP contribution in [0.4, 0.5) is 0 Å². The molecule has 25 heavy (non-hydrogen) atoms. The zero-order valence-corrected chi connectivity index (χ0v) is 14.2. The van der Waals surface area contributed by atoms with Gasteiger partial charge in [0.2, 0.25) is 0 Å². The molecule has 0 bridgehead atoms. The largest absolute Gasteiger partial charge is 0.508 e. The average Bonchev–Trinajstić information content (AvgIpc) is 2.97. The van der Waals surface area contributed by atoms with Crippen LogP contribution in [0.25, 0.3) is 10.9 Å². The normalized spacial score (nSPS) is 17.4. The highest BCUT2D eigenvalue weighted by atomic mass is 32.2. The lowest BCUT2D eigenvalue weighted by molar-refractivity contribution is -0.117. The Morgan fingerprint density at radius 3 is 2.60 bits per heavy atom. The molecule has 2 aromatic carbocycles. The number of thioether (sulfide) groups is 1. The number of hydrogen-bond donors (Lipinski definition) is 1. The van der Waals surface area contributed by atoms with E-state index in [4.69, 9.17) is 0 Å². The maximum Gasteiger partial charge on any atom is 0.280 e. The van der Waals surface area contributed by atoms with Crippen LogP contribution in [0.2, 0.25) is 0 Å². The fourth-order valence-corrected chi connectivity index (χ4v) is 4.13. The van der Waals surface area contributed by atoms with Crippen LogP contribution >= 0.6 is 11.8 Å². The van der Waals surface area contributed by atoms with Crippen molar-refractivity contribution in [3.05, 3.63) is 70.3 Å². The van der Waals surface area contributed by atoms with Crippen LogP contribution in [0.1, 0.15) is 16.8 Å². The van der Waals surface area contributed by atoms with Crippen molar-refractivity contribution in [2.45, 2.75) is 12.3 Å². The summed E-state index contributed by atoms with van der Waals surface area (Å²) in [7, 11) is 0. The number of aromatic hydroxyl groups is 1. The van der Waals surface area contributed by atoms with Crippen molar-refractivity contribution in [1.82, 2.24) is 9.66 Å². The van der Waals surface area contributed by atoms with E-state index < -0.39 is 0 Å². The second-order valence-electron chi connectivity index (χ2n) is 5.79. The highest BCUT2D eigenvalue weighted by molar-refractivity contribution is 8.00. The predicted octanol–water partition coefficient (Wildman–Crippen LogP) is 2.32. The fourth-order valence-electron chi connectivity index (χ4n) is 3.00. The van der Waals surface area contributed by atoms with E-state index in [1.165, 1.54) is 21.4 Å². The molecular weight excluding hydrogens is 338 g/mol. The first-order valence-electron chi connectivity index (χ1n) is 7.77. The number of nitrogens with zero attached hydrogens (tertiary/aromatic N) is 3. The number of rotatable bonds is 2. The van der Waals surface area contributed by atoms with E-state index in [-0.39, 0.29) is 28.3 Å². The average molecular weight is 353 g/mol. The van der Waals surface area contributed by atoms with Crippen molar-refractivity contribution in [3.8, 4) is 5.75 Å². The molecule has 1 aromatic heterocycles. The van der Waals surface area contributed by atoms with Crippen LogP contribution in [-0.2, 0) is 4.79 Å². The molecule has 6 nitrogen and oxygen atoms in total. The molecule has 4 rings (SSSR count). The van der Waals surface area contributed by atoms with Crippen LogP contribution < -0.4 is 10.6 Å². The third-order valence-electron chi connectivity index (χ3n) is 4.15. The maximum absolute atomic E-state index is 13.0. The molecule has 1 unspecified atom stereocenters. The minimum Gasteiger partial charge on any atom is -0.508 e. The summed E-state index contributed by atoms with van der Waals surface area (Å²) in [5.41, 5.74) is 1.19. The summed E-state index contributed by atoms with van der Waals surface area (Å²) in [4.78, 5) is 30.0. The van der Waals surface area contributed by atoms with Crippen molar-refractivity contribution < 1.29 is 9.90 Å². The fraction of sp³-hybridized carbons (Fsp3) is 0.167. The Morgan fingerprint density at radius 1 is 1.12 bits per heavy atom. The second kappa shape index (κ2) is 5.93. The number of amides is 1. The van der Waals surface area contributed by atoms with Gasteiger partial charge >= 0.3 is 0 Å². The molecule has 1 fully saturated rings. The third-order valence-corrected chi connectivity index (χ3v) is 5.35. The van der Waals surface area contributed by atoms with Gasteiger partial charge in [0.05, 0.1) is 16.7 Å². The zero-order chi connectivity index (χ0) is 17.6. The highest BCUT2D eigenvalue weighted by Crippen LogP contribution is 2.37. The van der Waals surface area contributed by atoms with Crippen molar-refractivity contribution in [3.63, 3.8) is 0 Å². The zero-order valence-electron chi connectivity index (χ0n) is 13.4. The number of hydrogen-bond acceptors (Lipinski definition) is 5. The third kappa shape index (κ3) is 2.56. The summed E-state index contributed by atoms with van der Waals surface area (Å²) in [6.45, 7) is 1.72. The van der Waals surface area contributed by atoms with Crippen molar-refractivity contribution in [2.75, 3.05) is 10.8 Å². The van der Waals surface area contributed by atoms with Gasteiger partial charge in [-0.3, -0.25) is 9.59 Å². The number of phenols is 1. The van der Waals surface area contributed by atoms with Gasteiger partial charge in [0.25, 0.3) is 11.5 Å². The predicted molar refractivity (Wildman–Crippen MR) is 97.3 cm³/mol. The molecule has 1 saturated heterocycles. The summed E-state index contributed by atoms with van der Waals surface area (Å²) in [6, 6.07) is 13.8. The van der Waals surface area contributed by atoms with Gasteiger partial charge in [-0.2, -0.15) is 4.68 Å².